The lowest BCUT2D eigenvalue weighted by Gasteiger charge is -2.35. The number of benzene rings is 2. The summed E-state index contributed by atoms with van der Waals surface area (Å²) < 4.78 is 0. The molecule has 0 aliphatic carbocycles. The normalized spacial score (nSPS) is 15.7. The van der Waals surface area contributed by atoms with E-state index in [0.717, 1.165) is 42.1 Å². The molecule has 5 rings (SSSR count). The van der Waals surface area contributed by atoms with Crippen LogP contribution in [-0.2, 0) is 6.61 Å². The first-order valence-corrected chi connectivity index (χ1v) is 11.8. The van der Waals surface area contributed by atoms with E-state index < -0.39 is 0 Å². The highest BCUT2D eigenvalue weighted by atomic mass is 16.3. The molecule has 0 saturated carbocycles. The second-order valence-electron chi connectivity index (χ2n) is 8.75. The maximum Gasteiger partial charge on any atom is 0.213 e. The van der Waals surface area contributed by atoms with Crippen LogP contribution < -0.4 is 10.2 Å². The zero-order valence-electron chi connectivity index (χ0n) is 19.7. The van der Waals surface area contributed by atoms with Gasteiger partial charge in [0.25, 0.3) is 0 Å². The Morgan fingerprint density at radius 1 is 1.09 bits per heavy atom. The van der Waals surface area contributed by atoms with Gasteiger partial charge in [0.15, 0.2) is 0 Å². The number of piperazine rings is 1. The maximum absolute atomic E-state index is 13.5. The van der Waals surface area contributed by atoms with Crippen molar-refractivity contribution in [2.24, 2.45) is 0 Å². The molecule has 2 aromatic carbocycles. The number of carbonyl (C=O) groups excluding carboxylic acids is 1. The number of pyridine rings is 2. The highest BCUT2D eigenvalue weighted by Crippen LogP contribution is 2.27. The number of hydrogen-bond donors (Lipinski definition) is 2. The van der Waals surface area contributed by atoms with E-state index in [1.807, 2.05) is 55.5 Å². The van der Waals surface area contributed by atoms with E-state index in [4.69, 9.17) is 4.98 Å². The van der Waals surface area contributed by atoms with Gasteiger partial charge in [-0.25, -0.2) is 4.98 Å². The molecular formula is C29H32N4O2. The predicted molar refractivity (Wildman–Crippen MR) is 142 cm³/mol. The van der Waals surface area contributed by atoms with Crippen LogP contribution in [0.5, 0.6) is 0 Å². The van der Waals surface area contributed by atoms with Crippen LogP contribution in [0.4, 0.5) is 5.82 Å². The van der Waals surface area contributed by atoms with Crippen molar-refractivity contribution in [2.45, 2.75) is 19.6 Å². The summed E-state index contributed by atoms with van der Waals surface area (Å²) in [6.45, 7) is 4.20. The van der Waals surface area contributed by atoms with Gasteiger partial charge in [-0.2, -0.15) is 0 Å². The summed E-state index contributed by atoms with van der Waals surface area (Å²) >= 11 is 0. The summed E-state index contributed by atoms with van der Waals surface area (Å²) in [6, 6.07) is 25.7. The highest BCUT2D eigenvalue weighted by molar-refractivity contribution is 6.09. The monoisotopic (exact) mass is 468 g/mol. The van der Waals surface area contributed by atoms with E-state index in [0.29, 0.717) is 17.0 Å². The number of aliphatic hydroxyl groups excluding tert-OH is 1. The molecule has 3 heterocycles. The molecule has 4 aromatic rings. The topological polar surface area (TPSA) is 78.4 Å². The molecule has 1 aliphatic heterocycles. The third kappa shape index (κ3) is 4.85. The molecule has 1 saturated heterocycles. The van der Waals surface area contributed by atoms with Crippen LogP contribution in [0.15, 0.2) is 85.1 Å². The first-order valence-electron chi connectivity index (χ1n) is 11.8. The molecule has 35 heavy (non-hydrogen) atoms. The number of aromatic nitrogens is 2. The molecule has 2 aromatic heterocycles. The summed E-state index contributed by atoms with van der Waals surface area (Å²) in [4.78, 5) is 25.0. The number of ketones is 1. The molecule has 1 atom stereocenters. The fraction of sp³-hybridized carbons (Fsp3) is 0.207. The second kappa shape index (κ2) is 10.2. The zero-order chi connectivity index (χ0) is 24.2. The number of hydrogen-bond acceptors (Lipinski definition) is 6. The molecule has 1 fully saturated rings. The SMILES string of the molecule is Cc1ncc(-c2ccccc2CO)cc1C(=O)c1cccc(N2CCNC(c3ccccc3)C2)n1.[HH].[HH]. The van der Waals surface area contributed by atoms with Crippen LogP contribution in [0, 0.1) is 6.92 Å². The lowest BCUT2D eigenvalue weighted by atomic mass is 9.97. The first kappa shape index (κ1) is 22.9. The number of rotatable bonds is 6. The highest BCUT2D eigenvalue weighted by Gasteiger charge is 2.23. The van der Waals surface area contributed by atoms with Crippen molar-refractivity contribution in [3.05, 3.63) is 113 Å². The number of nitrogens with zero attached hydrogens (tertiary/aromatic N) is 3. The standard InChI is InChI=1S/C29H28N4O2.2H2/c1-20-25(16-23(17-31-20)24-11-6-5-10-22(24)19-34)29(35)26-12-7-13-28(32-26)33-15-14-30-27(18-33)21-8-3-2-4-9-21;;/h2-13,16-17,27,30,34H,14-15,18-19H2,1H3;2*1H. The fourth-order valence-corrected chi connectivity index (χ4v) is 4.58. The minimum Gasteiger partial charge on any atom is -0.392 e. The fourth-order valence-electron chi connectivity index (χ4n) is 4.58. The van der Waals surface area contributed by atoms with Gasteiger partial charge in [0.2, 0.25) is 5.78 Å². The number of aliphatic hydroxyl groups is 1. The summed E-state index contributed by atoms with van der Waals surface area (Å²) in [5.74, 6) is 0.639. The molecule has 1 aliphatic rings. The quantitative estimate of drug-likeness (QED) is 0.395. The van der Waals surface area contributed by atoms with Gasteiger partial charge in [0.05, 0.1) is 6.61 Å². The predicted octanol–water partition coefficient (Wildman–Crippen LogP) is 4.82. The Bertz CT molecular complexity index is 1350. The number of nitrogens with one attached hydrogen (secondary N) is 1. The Balaban J connectivity index is 0.00000190. The molecule has 2 N–H and O–H groups in total. The van der Waals surface area contributed by atoms with Crippen molar-refractivity contribution in [1.29, 1.82) is 0 Å². The van der Waals surface area contributed by atoms with Crippen LogP contribution in [0.25, 0.3) is 11.1 Å². The van der Waals surface area contributed by atoms with Crippen molar-refractivity contribution in [3.63, 3.8) is 0 Å². The summed E-state index contributed by atoms with van der Waals surface area (Å²) in [5.41, 5.74) is 5.27. The Hall–Kier alpha value is -3.87. The summed E-state index contributed by atoms with van der Waals surface area (Å²) in [7, 11) is 0. The smallest absolute Gasteiger partial charge is 0.213 e. The van der Waals surface area contributed by atoms with Crippen molar-refractivity contribution in [3.8, 4) is 11.1 Å². The van der Waals surface area contributed by atoms with Crippen LogP contribution >= 0.6 is 0 Å². The van der Waals surface area contributed by atoms with Crippen molar-refractivity contribution in [1.82, 2.24) is 15.3 Å². The van der Waals surface area contributed by atoms with E-state index in [-0.39, 0.29) is 21.3 Å². The zero-order valence-corrected chi connectivity index (χ0v) is 19.7. The third-order valence-corrected chi connectivity index (χ3v) is 6.50. The lowest BCUT2D eigenvalue weighted by Crippen LogP contribution is -2.46. The largest absolute Gasteiger partial charge is 0.392 e. The Labute approximate surface area is 208 Å². The Kier molecular flexibility index (Phi) is 6.66. The van der Waals surface area contributed by atoms with Crippen LogP contribution in [0.3, 0.4) is 0 Å². The van der Waals surface area contributed by atoms with Crippen LogP contribution in [-0.4, -0.2) is 40.5 Å². The van der Waals surface area contributed by atoms with Gasteiger partial charge in [-0.05, 0) is 41.8 Å². The summed E-state index contributed by atoms with van der Waals surface area (Å²) in [6.07, 6.45) is 1.74. The third-order valence-electron chi connectivity index (χ3n) is 6.50. The van der Waals surface area contributed by atoms with E-state index in [1.165, 1.54) is 5.56 Å². The molecular weight excluding hydrogens is 436 g/mol. The van der Waals surface area contributed by atoms with Gasteiger partial charge in [0, 0.05) is 51.5 Å². The molecule has 1 unspecified atom stereocenters. The summed E-state index contributed by atoms with van der Waals surface area (Å²) in [5, 5.41) is 13.3. The van der Waals surface area contributed by atoms with Gasteiger partial charge in [-0.3, -0.25) is 9.78 Å². The second-order valence-corrected chi connectivity index (χ2v) is 8.75. The maximum atomic E-state index is 13.5. The Morgan fingerprint density at radius 3 is 2.71 bits per heavy atom. The van der Waals surface area contributed by atoms with E-state index in [1.54, 1.807) is 12.3 Å². The molecule has 0 radical (unpaired) electrons. The van der Waals surface area contributed by atoms with Crippen LogP contribution in [0.2, 0.25) is 0 Å². The van der Waals surface area contributed by atoms with Gasteiger partial charge >= 0.3 is 0 Å². The molecule has 0 bridgehead atoms. The van der Waals surface area contributed by atoms with Gasteiger partial charge in [-0.1, -0.05) is 60.7 Å². The van der Waals surface area contributed by atoms with Gasteiger partial charge in [-0.15, -0.1) is 0 Å². The molecule has 6 nitrogen and oxygen atoms in total. The first-order chi connectivity index (χ1) is 17.1. The van der Waals surface area contributed by atoms with Crippen LogP contribution in [0.1, 0.15) is 41.8 Å². The minimum atomic E-state index is -0.157. The average molecular weight is 469 g/mol. The molecule has 0 spiro atoms. The number of carbonyl (C=O) groups is 1. The van der Waals surface area contributed by atoms with E-state index in [9.17, 15) is 9.90 Å². The van der Waals surface area contributed by atoms with E-state index >= 15 is 0 Å². The molecule has 0 amide bonds. The van der Waals surface area contributed by atoms with Gasteiger partial charge < -0.3 is 15.3 Å². The number of aryl methyl sites for hydroxylation is 1. The van der Waals surface area contributed by atoms with Gasteiger partial charge in [0.1, 0.15) is 11.5 Å². The minimum absolute atomic E-state index is 0. The molecule has 6 heteroatoms. The lowest BCUT2D eigenvalue weighted by molar-refractivity contribution is 0.103. The van der Waals surface area contributed by atoms with Crippen molar-refractivity contribution in [2.75, 3.05) is 24.5 Å². The number of anilines is 1. The average Bonchev–Trinajstić information content (AvgIpc) is 2.93. The molecule has 180 valence electrons. The van der Waals surface area contributed by atoms with E-state index in [2.05, 4.69) is 39.5 Å². The Morgan fingerprint density at radius 2 is 1.89 bits per heavy atom. The van der Waals surface area contributed by atoms with Crippen molar-refractivity contribution >= 4 is 11.6 Å². The van der Waals surface area contributed by atoms with Crippen molar-refractivity contribution < 1.29 is 12.8 Å².